The Morgan fingerprint density at radius 3 is 2.47 bits per heavy atom. The van der Waals surface area contributed by atoms with Crippen LogP contribution in [0.2, 0.25) is 5.02 Å². The first kappa shape index (κ1) is 23.8. The molecule has 1 aliphatic rings. The summed E-state index contributed by atoms with van der Waals surface area (Å²) >= 11 is 5.91. The number of benzene rings is 1. The molecule has 1 aromatic carbocycles. The van der Waals surface area contributed by atoms with E-state index in [4.69, 9.17) is 22.8 Å². The highest BCUT2D eigenvalue weighted by Crippen LogP contribution is 2.42. The molecule has 10 heteroatoms. The van der Waals surface area contributed by atoms with Crippen molar-refractivity contribution < 1.29 is 37.3 Å². The van der Waals surface area contributed by atoms with E-state index in [-0.39, 0.29) is 25.1 Å². The summed E-state index contributed by atoms with van der Waals surface area (Å²) in [6.07, 6.45) is -0.350. The van der Waals surface area contributed by atoms with Crippen molar-refractivity contribution in [1.82, 2.24) is 0 Å². The van der Waals surface area contributed by atoms with Gasteiger partial charge in [0, 0.05) is 25.1 Å². The third-order valence-electron chi connectivity index (χ3n) is 4.88. The van der Waals surface area contributed by atoms with Gasteiger partial charge in [0.15, 0.2) is 5.54 Å². The summed E-state index contributed by atoms with van der Waals surface area (Å²) in [5.41, 5.74) is -2.27. The Labute approximate surface area is 176 Å². The third kappa shape index (κ3) is 4.99. The molecule has 0 radical (unpaired) electrons. The molecule has 0 saturated carbocycles. The largest absolute Gasteiger partial charge is 0.573 e. The number of ether oxygens (including phenoxy) is 2. The monoisotopic (exact) mass is 447 g/mol. The minimum atomic E-state index is -4.97. The lowest BCUT2D eigenvalue weighted by Crippen LogP contribution is -2.62. The van der Waals surface area contributed by atoms with E-state index in [1.54, 1.807) is 0 Å². The summed E-state index contributed by atoms with van der Waals surface area (Å²) in [6, 6.07) is 3.02. The smallest absolute Gasteiger partial charge is 0.479 e. The zero-order valence-corrected chi connectivity index (χ0v) is 17.3. The maximum absolute atomic E-state index is 12.6. The number of halogens is 4. The van der Waals surface area contributed by atoms with Crippen LogP contribution in [0.25, 0.3) is 0 Å². The molecule has 6 nitrogen and oxygen atoms in total. The Kier molecular flexibility index (Phi) is 6.64. The van der Waals surface area contributed by atoms with Crippen LogP contribution in [0.15, 0.2) is 18.2 Å². The summed E-state index contributed by atoms with van der Waals surface area (Å²) in [5.74, 6) is -1.07. The molecule has 1 N–H and O–H groups in total. The molecule has 0 aliphatic carbocycles. The van der Waals surface area contributed by atoms with Crippen molar-refractivity contribution in [3.8, 4) is 18.1 Å². The van der Waals surface area contributed by atoms with Gasteiger partial charge in [-0.25, -0.2) is 4.79 Å². The number of nitrogens with zero attached hydrogens (tertiary/aromatic N) is 1. The summed E-state index contributed by atoms with van der Waals surface area (Å²) < 4.78 is 47.1. The number of alkyl halides is 3. The molecule has 30 heavy (non-hydrogen) atoms. The van der Waals surface area contributed by atoms with Gasteiger partial charge in [-0.15, -0.1) is 19.6 Å². The first-order chi connectivity index (χ1) is 13.7. The molecule has 2 unspecified atom stereocenters. The van der Waals surface area contributed by atoms with E-state index in [1.165, 1.54) is 0 Å². The van der Waals surface area contributed by atoms with E-state index in [9.17, 15) is 27.9 Å². The van der Waals surface area contributed by atoms with Crippen molar-refractivity contribution in [3.05, 3.63) is 23.2 Å². The Balaban J connectivity index is 2.58. The number of carbonyl (C=O) groups is 2. The average Bonchev–Trinajstić information content (AvgIpc) is 2.62. The Bertz CT molecular complexity index is 875. The van der Waals surface area contributed by atoms with Gasteiger partial charge in [-0.1, -0.05) is 32.4 Å². The molecule has 0 spiro atoms. The average molecular weight is 448 g/mol. The van der Waals surface area contributed by atoms with Crippen LogP contribution in [-0.4, -0.2) is 41.6 Å². The van der Waals surface area contributed by atoms with Gasteiger partial charge in [0.25, 0.3) is 0 Å². The quantitative estimate of drug-likeness (QED) is 0.698. The SMILES string of the molecule is C#CC(=O)N(c1ccc(OC(F)(F)F)c(Cl)c1)C1(C(=O)O)CCOC(C(C)(C)C)C1. The molecule has 1 heterocycles. The molecule has 0 bridgehead atoms. The number of hydrogen-bond donors (Lipinski definition) is 1. The first-order valence-electron chi connectivity index (χ1n) is 8.92. The fourth-order valence-electron chi connectivity index (χ4n) is 3.35. The van der Waals surface area contributed by atoms with Crippen molar-refractivity contribution in [1.29, 1.82) is 0 Å². The van der Waals surface area contributed by atoms with Crippen molar-refractivity contribution in [3.63, 3.8) is 0 Å². The Morgan fingerprint density at radius 1 is 1.37 bits per heavy atom. The number of amides is 1. The van der Waals surface area contributed by atoms with E-state index in [0.717, 1.165) is 23.1 Å². The second-order valence-corrected chi connectivity index (χ2v) is 8.37. The predicted molar refractivity (Wildman–Crippen MR) is 103 cm³/mol. The van der Waals surface area contributed by atoms with Crippen LogP contribution in [0, 0.1) is 17.8 Å². The molecule has 1 fully saturated rings. The van der Waals surface area contributed by atoms with Crippen LogP contribution in [0.3, 0.4) is 0 Å². The molecule has 1 aromatic rings. The third-order valence-corrected chi connectivity index (χ3v) is 5.17. The van der Waals surface area contributed by atoms with Crippen LogP contribution in [0.5, 0.6) is 5.75 Å². The van der Waals surface area contributed by atoms with Crippen LogP contribution in [0.1, 0.15) is 33.6 Å². The molecule has 1 amide bonds. The van der Waals surface area contributed by atoms with Gasteiger partial charge in [-0.2, -0.15) is 0 Å². The van der Waals surface area contributed by atoms with Crippen LogP contribution < -0.4 is 9.64 Å². The first-order valence-corrected chi connectivity index (χ1v) is 9.30. The van der Waals surface area contributed by atoms with Crippen molar-refractivity contribution >= 4 is 29.2 Å². The molecule has 2 rings (SSSR count). The predicted octanol–water partition coefficient (Wildman–Crippen LogP) is 4.25. The second kappa shape index (κ2) is 8.36. The molecule has 164 valence electrons. The molecular formula is C20H21ClF3NO5. The zero-order chi connectivity index (χ0) is 22.9. The molecule has 2 atom stereocenters. The zero-order valence-electron chi connectivity index (χ0n) is 16.5. The second-order valence-electron chi connectivity index (χ2n) is 7.96. The summed E-state index contributed by atoms with van der Waals surface area (Å²) in [4.78, 5) is 25.9. The van der Waals surface area contributed by atoms with Crippen molar-refractivity contribution in [2.75, 3.05) is 11.5 Å². The van der Waals surface area contributed by atoms with E-state index in [1.807, 2.05) is 26.7 Å². The number of hydrogen-bond acceptors (Lipinski definition) is 4. The van der Waals surface area contributed by atoms with Crippen molar-refractivity contribution in [2.45, 2.75) is 51.6 Å². The minimum Gasteiger partial charge on any atom is -0.479 e. The standard InChI is InChI=1S/C20H21ClF3NO5/c1-5-16(26)25(12-6-7-14(13(21)10-12)30-20(22,23)24)19(17(27)28)8-9-29-15(11-19)18(2,3)4/h1,6-7,10,15H,8-9,11H2,2-4H3,(H,27,28). The van der Waals surface area contributed by atoms with E-state index in [2.05, 4.69) is 4.74 Å². The van der Waals surface area contributed by atoms with Gasteiger partial charge >= 0.3 is 18.2 Å². The maximum atomic E-state index is 12.6. The summed E-state index contributed by atoms with van der Waals surface area (Å²) in [7, 11) is 0. The van der Waals surface area contributed by atoms with Crippen LogP contribution in [-0.2, 0) is 14.3 Å². The van der Waals surface area contributed by atoms with Gasteiger partial charge in [0.2, 0.25) is 0 Å². The topological polar surface area (TPSA) is 76.1 Å². The molecule has 1 aliphatic heterocycles. The van der Waals surface area contributed by atoms with Gasteiger partial charge in [0.1, 0.15) is 5.75 Å². The van der Waals surface area contributed by atoms with E-state index >= 15 is 0 Å². The highest BCUT2D eigenvalue weighted by molar-refractivity contribution is 6.32. The number of anilines is 1. The Morgan fingerprint density at radius 2 is 2.00 bits per heavy atom. The van der Waals surface area contributed by atoms with Gasteiger partial charge in [0.05, 0.1) is 11.1 Å². The number of rotatable bonds is 4. The normalized spacial score (nSPS) is 22.1. The van der Waals surface area contributed by atoms with Crippen molar-refractivity contribution in [2.24, 2.45) is 5.41 Å². The number of carboxylic acid groups (broad SMARTS) is 1. The molecule has 0 aromatic heterocycles. The lowest BCUT2D eigenvalue weighted by molar-refractivity contribution is -0.274. The maximum Gasteiger partial charge on any atom is 0.573 e. The number of aliphatic carboxylic acids is 1. The molecule has 1 saturated heterocycles. The minimum absolute atomic E-state index is 0.0472. The lowest BCUT2D eigenvalue weighted by atomic mass is 9.76. The highest BCUT2D eigenvalue weighted by Gasteiger charge is 2.52. The summed E-state index contributed by atoms with van der Waals surface area (Å²) in [5, 5.41) is 9.64. The van der Waals surface area contributed by atoms with Crippen LogP contribution >= 0.6 is 11.6 Å². The van der Waals surface area contributed by atoms with Gasteiger partial charge < -0.3 is 14.6 Å². The van der Waals surface area contributed by atoms with Crippen LogP contribution in [0.4, 0.5) is 18.9 Å². The van der Waals surface area contributed by atoms with Gasteiger partial charge in [-0.3, -0.25) is 9.69 Å². The van der Waals surface area contributed by atoms with E-state index < -0.39 is 46.1 Å². The fourth-order valence-corrected chi connectivity index (χ4v) is 3.56. The lowest BCUT2D eigenvalue weighted by Gasteiger charge is -2.47. The highest BCUT2D eigenvalue weighted by atomic mass is 35.5. The van der Waals surface area contributed by atoms with E-state index in [0.29, 0.717) is 0 Å². The molecular weight excluding hydrogens is 427 g/mol. The number of carboxylic acids is 1. The van der Waals surface area contributed by atoms with Gasteiger partial charge in [-0.05, 0) is 29.5 Å². The number of carbonyl (C=O) groups excluding carboxylic acids is 1. The summed E-state index contributed by atoms with van der Waals surface area (Å²) in [6.45, 7) is 5.64. The number of terminal acetylenes is 1. The Hall–Kier alpha value is -2.44. The fraction of sp³-hybridized carbons (Fsp3) is 0.500.